The average Bonchev–Trinajstić information content (AvgIpc) is 2.79. The Balaban J connectivity index is 0.00000137. The van der Waals surface area contributed by atoms with Gasteiger partial charge in [0.2, 0.25) is 11.9 Å². The van der Waals surface area contributed by atoms with Gasteiger partial charge >= 0.3 is 6.18 Å². The molecule has 0 aromatic carbocycles. The van der Waals surface area contributed by atoms with E-state index in [0.717, 1.165) is 12.3 Å². The molecule has 0 bridgehead atoms. The molecule has 0 fully saturated rings. The van der Waals surface area contributed by atoms with Crippen LogP contribution in [0.3, 0.4) is 0 Å². The third-order valence-electron chi connectivity index (χ3n) is 3.57. The molecule has 3 aromatic rings. The van der Waals surface area contributed by atoms with E-state index in [1.165, 1.54) is 6.07 Å². The number of hydrogen-bond acceptors (Lipinski definition) is 8. The van der Waals surface area contributed by atoms with Gasteiger partial charge in [0, 0.05) is 18.4 Å². The molecule has 0 spiro atoms. The molecule has 0 aliphatic heterocycles. The molecule has 0 atom stereocenters. The maximum Gasteiger partial charge on any atom is 0.433 e. The van der Waals surface area contributed by atoms with Crippen molar-refractivity contribution >= 4 is 29.2 Å². The van der Waals surface area contributed by atoms with Gasteiger partial charge in [-0.15, -0.1) is 0 Å². The number of aliphatic hydroxyl groups is 1. The van der Waals surface area contributed by atoms with Crippen LogP contribution in [0.2, 0.25) is 5.15 Å². The summed E-state index contributed by atoms with van der Waals surface area (Å²) in [5, 5.41) is 15.7. The molecule has 3 heterocycles. The summed E-state index contributed by atoms with van der Waals surface area (Å²) in [6, 6.07) is 7.04. The largest absolute Gasteiger partial charge is 0.433 e. The van der Waals surface area contributed by atoms with Crippen LogP contribution in [0.25, 0.3) is 11.5 Å². The summed E-state index contributed by atoms with van der Waals surface area (Å²) in [6.07, 6.45) is -3.56. The van der Waals surface area contributed by atoms with E-state index in [0.29, 0.717) is 5.69 Å². The third-order valence-corrected chi connectivity index (χ3v) is 3.78. The Bertz CT molecular complexity index is 1040. The topological polar surface area (TPSA) is 109 Å². The highest BCUT2D eigenvalue weighted by Gasteiger charge is 2.32. The Kier molecular flexibility index (Phi) is 11.1. The van der Waals surface area contributed by atoms with E-state index < -0.39 is 17.5 Å². The highest BCUT2D eigenvalue weighted by atomic mass is 35.5. The maximum atomic E-state index is 12.9. The van der Waals surface area contributed by atoms with Crippen LogP contribution in [-0.2, 0) is 6.18 Å². The average molecular weight is 500 g/mol. The molecule has 8 nitrogen and oxygen atoms in total. The lowest BCUT2D eigenvalue weighted by Gasteiger charge is -2.18. The second-order valence-electron chi connectivity index (χ2n) is 6.87. The van der Waals surface area contributed by atoms with Crippen molar-refractivity contribution in [1.29, 1.82) is 0 Å². The van der Waals surface area contributed by atoms with Gasteiger partial charge in [0.1, 0.15) is 16.5 Å². The highest BCUT2D eigenvalue weighted by molar-refractivity contribution is 6.29. The maximum absolute atomic E-state index is 12.9. The van der Waals surface area contributed by atoms with Gasteiger partial charge in [-0.2, -0.15) is 28.1 Å². The van der Waals surface area contributed by atoms with Crippen LogP contribution in [0.4, 0.5) is 30.8 Å². The van der Waals surface area contributed by atoms with Crippen LogP contribution in [0.1, 0.15) is 47.2 Å². The second-order valence-corrected chi connectivity index (χ2v) is 7.26. The van der Waals surface area contributed by atoms with Gasteiger partial charge in [-0.05, 0) is 38.1 Å². The van der Waals surface area contributed by atoms with E-state index in [9.17, 15) is 18.3 Å². The van der Waals surface area contributed by atoms with Gasteiger partial charge in [0.15, 0.2) is 5.82 Å². The van der Waals surface area contributed by atoms with Crippen molar-refractivity contribution in [2.75, 3.05) is 17.2 Å². The van der Waals surface area contributed by atoms with Crippen molar-refractivity contribution in [2.24, 2.45) is 0 Å². The molecule has 12 heteroatoms. The summed E-state index contributed by atoms with van der Waals surface area (Å²) in [5.74, 6) is 0.203. The summed E-state index contributed by atoms with van der Waals surface area (Å²) >= 11 is 5.93. The van der Waals surface area contributed by atoms with Crippen molar-refractivity contribution in [1.82, 2.24) is 24.9 Å². The van der Waals surface area contributed by atoms with E-state index in [1.807, 2.05) is 27.7 Å². The predicted octanol–water partition coefficient (Wildman–Crippen LogP) is 5.98. The quantitative estimate of drug-likeness (QED) is 0.355. The predicted molar refractivity (Wildman–Crippen MR) is 128 cm³/mol. The summed E-state index contributed by atoms with van der Waals surface area (Å²) in [5.41, 5.74) is -1.69. The van der Waals surface area contributed by atoms with Crippen LogP contribution in [-0.4, -0.2) is 42.2 Å². The molecule has 3 rings (SSSR count). The first kappa shape index (κ1) is 29.0. The molecular formula is C22H29ClF3N7O. The lowest BCUT2D eigenvalue weighted by Crippen LogP contribution is -2.30. The van der Waals surface area contributed by atoms with Gasteiger partial charge in [0.25, 0.3) is 0 Å². The van der Waals surface area contributed by atoms with Crippen LogP contribution in [0.5, 0.6) is 0 Å². The number of nitrogens with zero attached hydrogens (tertiary/aromatic N) is 5. The number of hydrogen-bond donors (Lipinski definition) is 3. The Morgan fingerprint density at radius 2 is 1.59 bits per heavy atom. The zero-order valence-electron chi connectivity index (χ0n) is 19.9. The summed E-state index contributed by atoms with van der Waals surface area (Å²) in [7, 11) is 0. The van der Waals surface area contributed by atoms with E-state index in [-0.39, 0.29) is 35.1 Å². The summed E-state index contributed by atoms with van der Waals surface area (Å²) in [6.45, 7) is 11.3. The Morgan fingerprint density at radius 1 is 0.941 bits per heavy atom. The van der Waals surface area contributed by atoms with E-state index in [4.69, 9.17) is 11.6 Å². The molecule has 0 radical (unpaired) electrons. The summed E-state index contributed by atoms with van der Waals surface area (Å²) < 4.78 is 38.8. The fourth-order valence-electron chi connectivity index (χ4n) is 2.25. The van der Waals surface area contributed by atoms with Gasteiger partial charge in [-0.1, -0.05) is 45.4 Å². The number of aromatic nitrogens is 5. The van der Waals surface area contributed by atoms with Crippen LogP contribution in [0, 0.1) is 0 Å². The van der Waals surface area contributed by atoms with Gasteiger partial charge in [-0.3, -0.25) is 4.98 Å². The molecule has 3 N–H and O–H groups in total. The molecule has 34 heavy (non-hydrogen) atoms. The van der Waals surface area contributed by atoms with Crippen molar-refractivity contribution in [3.63, 3.8) is 0 Å². The zero-order valence-corrected chi connectivity index (χ0v) is 20.6. The van der Waals surface area contributed by atoms with Crippen molar-refractivity contribution in [2.45, 2.75) is 53.3 Å². The first-order chi connectivity index (χ1) is 16.0. The molecule has 0 aliphatic rings. The number of rotatable bonds is 6. The van der Waals surface area contributed by atoms with Crippen molar-refractivity contribution in [3.8, 4) is 11.5 Å². The van der Waals surface area contributed by atoms with E-state index in [1.54, 1.807) is 32.0 Å². The minimum atomic E-state index is -4.59. The fourth-order valence-corrected chi connectivity index (χ4v) is 2.41. The standard InChI is InChI=1S/C18H17ClF3N7O.2C2H6/c1-17(2,30)9-24-15-27-14(11-4-3-5-13(19)26-11)28-16(29-15)25-10-6-7-23-12(8-10)18(20,21)22;2*1-2/h3-8,30H,9H2,1-2H3,(H2,23,24,25,27,28,29);2*1-2H3. The Labute approximate surface area is 202 Å². The normalized spacial score (nSPS) is 10.9. The monoisotopic (exact) mass is 499 g/mol. The summed E-state index contributed by atoms with van der Waals surface area (Å²) in [4.78, 5) is 20.1. The second kappa shape index (κ2) is 13.0. The first-order valence-corrected chi connectivity index (χ1v) is 11.0. The molecule has 186 valence electrons. The third kappa shape index (κ3) is 9.44. The fraction of sp³-hybridized carbons (Fsp3) is 0.409. The van der Waals surface area contributed by atoms with Gasteiger partial charge in [-0.25, -0.2) is 4.98 Å². The molecule has 0 unspecified atom stereocenters. The van der Waals surface area contributed by atoms with Crippen molar-refractivity contribution in [3.05, 3.63) is 47.4 Å². The van der Waals surface area contributed by atoms with Gasteiger partial charge in [0.05, 0.1) is 5.60 Å². The lowest BCUT2D eigenvalue weighted by atomic mass is 10.1. The van der Waals surface area contributed by atoms with Gasteiger partial charge < -0.3 is 15.7 Å². The smallest absolute Gasteiger partial charge is 0.389 e. The van der Waals surface area contributed by atoms with Crippen LogP contribution in [0.15, 0.2) is 36.5 Å². The Morgan fingerprint density at radius 3 is 2.18 bits per heavy atom. The SMILES string of the molecule is CC.CC.CC(C)(O)CNc1nc(Nc2ccnc(C(F)(F)F)c2)nc(-c2cccc(Cl)n2)n1. The number of halogens is 4. The molecule has 0 saturated heterocycles. The lowest BCUT2D eigenvalue weighted by molar-refractivity contribution is -0.141. The molecule has 3 aromatic heterocycles. The zero-order chi connectivity index (χ0) is 25.9. The van der Waals surface area contributed by atoms with Crippen molar-refractivity contribution < 1.29 is 18.3 Å². The first-order valence-electron chi connectivity index (χ1n) is 10.7. The molecule has 0 amide bonds. The number of alkyl halides is 3. The number of pyridine rings is 2. The van der Waals surface area contributed by atoms with Crippen LogP contribution >= 0.6 is 11.6 Å². The molecular weight excluding hydrogens is 471 g/mol. The Hall–Kier alpha value is -3.05. The van der Waals surface area contributed by atoms with E-state index >= 15 is 0 Å². The molecule has 0 saturated carbocycles. The number of anilines is 3. The molecule has 0 aliphatic carbocycles. The minimum Gasteiger partial charge on any atom is -0.389 e. The highest BCUT2D eigenvalue weighted by Crippen LogP contribution is 2.29. The van der Waals surface area contributed by atoms with E-state index in [2.05, 4.69) is 35.6 Å². The van der Waals surface area contributed by atoms with Crippen LogP contribution < -0.4 is 10.6 Å². The minimum absolute atomic E-state index is 0.0284. The number of nitrogens with one attached hydrogen (secondary N) is 2.